The molecule has 0 unspecified atom stereocenters. The van der Waals surface area contributed by atoms with E-state index in [0.29, 0.717) is 11.4 Å². The third-order valence-electron chi connectivity index (χ3n) is 4.35. The number of hydrogen-bond acceptors (Lipinski definition) is 5. The largest absolute Gasteiger partial charge is 0.384 e. The Kier molecular flexibility index (Phi) is 4.14. The van der Waals surface area contributed by atoms with E-state index in [1.807, 2.05) is 20.8 Å². The predicted octanol–water partition coefficient (Wildman–Crippen LogP) is 1.60. The topological polar surface area (TPSA) is 123 Å². The van der Waals surface area contributed by atoms with Crippen LogP contribution in [0, 0.1) is 12.3 Å². The number of fused-ring (bicyclic) bond motifs is 1. The zero-order valence-corrected chi connectivity index (χ0v) is 15.5. The van der Waals surface area contributed by atoms with Gasteiger partial charge in [-0.15, -0.1) is 0 Å². The SMILES string of the molecule is Cc1cc(-n2c(N)c3c(cc2=O)C(=O)NC3=O)ccc1NC(=O)C(C)(C)C. The van der Waals surface area contributed by atoms with Crippen molar-refractivity contribution in [3.63, 3.8) is 0 Å². The van der Waals surface area contributed by atoms with Crippen LogP contribution in [0.1, 0.15) is 47.1 Å². The Morgan fingerprint density at radius 2 is 1.78 bits per heavy atom. The number of benzene rings is 1. The van der Waals surface area contributed by atoms with Crippen LogP contribution in [0.3, 0.4) is 0 Å². The van der Waals surface area contributed by atoms with Gasteiger partial charge in [-0.25, -0.2) is 0 Å². The Morgan fingerprint density at radius 3 is 2.37 bits per heavy atom. The highest BCUT2D eigenvalue weighted by Gasteiger charge is 2.32. The van der Waals surface area contributed by atoms with Gasteiger partial charge < -0.3 is 11.1 Å². The first-order valence-corrected chi connectivity index (χ1v) is 8.34. The zero-order valence-electron chi connectivity index (χ0n) is 15.5. The van der Waals surface area contributed by atoms with Crippen LogP contribution < -0.4 is 21.9 Å². The lowest BCUT2D eigenvalue weighted by Gasteiger charge is -2.19. The van der Waals surface area contributed by atoms with Gasteiger partial charge in [-0.05, 0) is 30.7 Å². The molecule has 1 aliphatic heterocycles. The zero-order chi connectivity index (χ0) is 20.1. The molecule has 1 aromatic carbocycles. The standard InChI is InChI=1S/C19H20N4O4/c1-9-7-10(5-6-12(9)21-18(27)19(2,3)4)23-13(24)8-11-14(15(23)20)17(26)22-16(11)25/h5-8H,20H2,1-4H3,(H,21,27)(H,22,25,26). The molecule has 0 atom stereocenters. The number of carbonyl (C=O) groups is 3. The maximum absolute atomic E-state index is 12.5. The number of nitrogen functional groups attached to an aromatic ring is 1. The third kappa shape index (κ3) is 3.10. The van der Waals surface area contributed by atoms with Crippen LogP contribution in [0.5, 0.6) is 0 Å². The molecule has 0 saturated carbocycles. The Labute approximate surface area is 155 Å². The average Bonchev–Trinajstić information content (AvgIpc) is 2.83. The number of nitrogens with zero attached hydrogens (tertiary/aromatic N) is 1. The van der Waals surface area contributed by atoms with Crippen LogP contribution in [0.15, 0.2) is 29.1 Å². The number of nitrogens with two attached hydrogens (primary N) is 1. The molecular formula is C19H20N4O4. The summed E-state index contributed by atoms with van der Waals surface area (Å²) in [4.78, 5) is 48.3. The highest BCUT2D eigenvalue weighted by atomic mass is 16.2. The monoisotopic (exact) mass is 368 g/mol. The predicted molar refractivity (Wildman–Crippen MR) is 101 cm³/mol. The van der Waals surface area contributed by atoms with Crippen LogP contribution >= 0.6 is 0 Å². The van der Waals surface area contributed by atoms with E-state index in [0.717, 1.165) is 11.6 Å². The summed E-state index contributed by atoms with van der Waals surface area (Å²) in [6.45, 7) is 7.21. The van der Waals surface area contributed by atoms with Crippen molar-refractivity contribution in [2.45, 2.75) is 27.7 Å². The minimum absolute atomic E-state index is 0.0117. The number of imide groups is 1. The lowest BCUT2D eigenvalue weighted by molar-refractivity contribution is -0.123. The maximum atomic E-state index is 12.5. The van der Waals surface area contributed by atoms with Gasteiger partial charge in [-0.1, -0.05) is 20.8 Å². The van der Waals surface area contributed by atoms with Crippen molar-refractivity contribution in [3.8, 4) is 5.69 Å². The van der Waals surface area contributed by atoms with Crippen molar-refractivity contribution in [2.24, 2.45) is 5.41 Å². The molecule has 0 bridgehead atoms. The van der Waals surface area contributed by atoms with Gasteiger partial charge in [0.1, 0.15) is 5.82 Å². The smallest absolute Gasteiger partial charge is 0.262 e. The van der Waals surface area contributed by atoms with Gasteiger partial charge in [0.15, 0.2) is 0 Å². The first-order valence-electron chi connectivity index (χ1n) is 8.34. The highest BCUT2D eigenvalue weighted by molar-refractivity contribution is 6.23. The number of pyridine rings is 1. The molecule has 3 rings (SSSR count). The molecule has 4 N–H and O–H groups in total. The fraction of sp³-hybridized carbons (Fsp3) is 0.263. The molecule has 2 heterocycles. The summed E-state index contributed by atoms with van der Waals surface area (Å²) >= 11 is 0. The number of carbonyl (C=O) groups excluding carboxylic acids is 3. The van der Waals surface area contributed by atoms with Crippen molar-refractivity contribution < 1.29 is 14.4 Å². The van der Waals surface area contributed by atoms with Gasteiger partial charge in [-0.3, -0.25) is 29.1 Å². The van der Waals surface area contributed by atoms with E-state index >= 15 is 0 Å². The van der Waals surface area contributed by atoms with Gasteiger partial charge in [0.05, 0.1) is 16.8 Å². The maximum Gasteiger partial charge on any atom is 0.262 e. The van der Waals surface area contributed by atoms with Gasteiger partial charge in [0.25, 0.3) is 17.4 Å². The van der Waals surface area contributed by atoms with Crippen LogP contribution in [0.4, 0.5) is 11.5 Å². The van der Waals surface area contributed by atoms with Gasteiger partial charge in [0.2, 0.25) is 5.91 Å². The Balaban J connectivity index is 2.07. The normalized spacial score (nSPS) is 13.3. The van der Waals surface area contributed by atoms with Crippen LogP contribution in [0.2, 0.25) is 0 Å². The molecule has 1 aromatic heterocycles. The van der Waals surface area contributed by atoms with E-state index in [1.54, 1.807) is 25.1 Å². The minimum Gasteiger partial charge on any atom is -0.384 e. The van der Waals surface area contributed by atoms with E-state index in [2.05, 4.69) is 10.6 Å². The highest BCUT2D eigenvalue weighted by Crippen LogP contribution is 2.26. The molecule has 2 aromatic rings. The molecular weight excluding hydrogens is 348 g/mol. The summed E-state index contributed by atoms with van der Waals surface area (Å²) in [5, 5.41) is 4.97. The van der Waals surface area contributed by atoms with E-state index < -0.39 is 22.8 Å². The Hall–Kier alpha value is -3.42. The number of hydrogen-bond donors (Lipinski definition) is 3. The molecule has 0 fully saturated rings. The van der Waals surface area contributed by atoms with Crippen LogP contribution in [0.25, 0.3) is 5.69 Å². The average molecular weight is 368 g/mol. The number of amides is 3. The molecule has 1 aliphatic rings. The third-order valence-corrected chi connectivity index (χ3v) is 4.35. The van der Waals surface area contributed by atoms with Crippen molar-refractivity contribution in [1.29, 1.82) is 0 Å². The lowest BCUT2D eigenvalue weighted by Crippen LogP contribution is -2.28. The number of aromatic nitrogens is 1. The van der Waals surface area contributed by atoms with E-state index in [9.17, 15) is 19.2 Å². The lowest BCUT2D eigenvalue weighted by atomic mass is 9.95. The second-order valence-corrected chi connectivity index (χ2v) is 7.48. The van der Waals surface area contributed by atoms with Crippen molar-refractivity contribution in [1.82, 2.24) is 9.88 Å². The van der Waals surface area contributed by atoms with Crippen molar-refractivity contribution >= 4 is 29.2 Å². The summed E-state index contributed by atoms with van der Waals surface area (Å²) in [7, 11) is 0. The minimum atomic E-state index is -0.637. The van der Waals surface area contributed by atoms with E-state index in [1.165, 1.54) is 4.57 Å². The van der Waals surface area contributed by atoms with Crippen LogP contribution in [-0.4, -0.2) is 22.3 Å². The fourth-order valence-electron chi connectivity index (χ4n) is 2.78. The number of rotatable bonds is 2. The summed E-state index contributed by atoms with van der Waals surface area (Å²) < 4.78 is 1.17. The number of nitrogens with one attached hydrogen (secondary N) is 2. The van der Waals surface area contributed by atoms with Gasteiger partial charge in [0, 0.05) is 17.2 Å². The number of aryl methyl sites for hydroxylation is 1. The Morgan fingerprint density at radius 1 is 1.11 bits per heavy atom. The van der Waals surface area contributed by atoms with Crippen molar-refractivity contribution in [2.75, 3.05) is 11.1 Å². The summed E-state index contributed by atoms with van der Waals surface area (Å²) in [6.07, 6.45) is 0. The molecule has 0 saturated heterocycles. The fourth-order valence-corrected chi connectivity index (χ4v) is 2.78. The molecule has 27 heavy (non-hydrogen) atoms. The molecule has 0 spiro atoms. The quantitative estimate of drug-likeness (QED) is 0.695. The van der Waals surface area contributed by atoms with Gasteiger partial charge >= 0.3 is 0 Å². The first kappa shape index (κ1) is 18.4. The molecule has 0 aliphatic carbocycles. The molecule has 3 amide bonds. The number of anilines is 2. The summed E-state index contributed by atoms with van der Waals surface area (Å²) in [5.41, 5.74) is 6.68. The summed E-state index contributed by atoms with van der Waals surface area (Å²) in [5.74, 6) is -1.51. The molecule has 0 radical (unpaired) electrons. The van der Waals surface area contributed by atoms with E-state index in [4.69, 9.17) is 5.73 Å². The molecule has 8 nitrogen and oxygen atoms in total. The van der Waals surface area contributed by atoms with E-state index in [-0.39, 0.29) is 22.9 Å². The molecule has 8 heteroatoms. The second kappa shape index (κ2) is 6.08. The Bertz CT molecular complexity index is 1060. The second-order valence-electron chi connectivity index (χ2n) is 7.48. The van der Waals surface area contributed by atoms with Gasteiger partial charge in [-0.2, -0.15) is 0 Å². The van der Waals surface area contributed by atoms with Crippen LogP contribution in [-0.2, 0) is 4.79 Å². The van der Waals surface area contributed by atoms with Crippen molar-refractivity contribution in [3.05, 3.63) is 51.3 Å². The first-order chi connectivity index (χ1) is 12.5. The summed E-state index contributed by atoms with van der Waals surface area (Å²) in [6, 6.07) is 6.05. The molecule has 140 valence electrons.